The number of imide groups is 1. The summed E-state index contributed by atoms with van der Waals surface area (Å²) in [5.74, 6) is 4.80. The molecule has 1 fully saturated rings. The number of hydrogen-bond acceptors (Lipinski definition) is 5. The maximum absolute atomic E-state index is 12.9. The summed E-state index contributed by atoms with van der Waals surface area (Å²) in [7, 11) is 1.49. The molecule has 2 aromatic carbocycles. The van der Waals surface area contributed by atoms with Crippen LogP contribution < -0.4 is 20.1 Å². The molecule has 0 bridgehead atoms. The van der Waals surface area contributed by atoms with Crippen molar-refractivity contribution in [1.82, 2.24) is 15.5 Å². The maximum Gasteiger partial charge on any atom is 0.387 e. The van der Waals surface area contributed by atoms with Crippen molar-refractivity contribution in [3.05, 3.63) is 59.2 Å². The molecule has 2 N–H and O–H groups in total. The topological polar surface area (TPSA) is 97.0 Å². The zero-order chi connectivity index (χ0) is 22.9. The lowest BCUT2D eigenvalue weighted by molar-refractivity contribution is -0.122. The highest BCUT2D eigenvalue weighted by molar-refractivity contribution is 6.10. The van der Waals surface area contributed by atoms with Crippen molar-refractivity contribution in [1.29, 1.82) is 0 Å². The Morgan fingerprint density at radius 3 is 2.66 bits per heavy atom. The van der Waals surface area contributed by atoms with Crippen molar-refractivity contribution in [2.75, 3.05) is 13.7 Å². The molecule has 2 heterocycles. The van der Waals surface area contributed by atoms with E-state index in [2.05, 4.69) is 27.2 Å². The first-order chi connectivity index (χ1) is 15.3. The fourth-order valence-electron chi connectivity index (χ4n) is 3.54. The Balaban J connectivity index is 1.62. The molecule has 4 rings (SSSR count). The molecule has 8 nitrogen and oxygen atoms in total. The molecule has 10 heteroatoms. The number of fused-ring (bicyclic) bond motifs is 1. The van der Waals surface area contributed by atoms with Gasteiger partial charge in [0.15, 0.2) is 0 Å². The van der Waals surface area contributed by atoms with Crippen molar-refractivity contribution in [3.8, 4) is 23.3 Å². The molecule has 2 aromatic rings. The molecule has 0 aliphatic carbocycles. The lowest BCUT2D eigenvalue weighted by atomic mass is 9.99. The van der Waals surface area contributed by atoms with Crippen LogP contribution in [0.3, 0.4) is 0 Å². The lowest BCUT2D eigenvalue weighted by Crippen LogP contribution is -2.54. The minimum atomic E-state index is -2.99. The Hall–Kier alpha value is -4.13. The van der Waals surface area contributed by atoms with Gasteiger partial charge in [-0.1, -0.05) is 24.0 Å². The second kappa shape index (κ2) is 8.19. The summed E-state index contributed by atoms with van der Waals surface area (Å²) < 4.78 is 34.4. The van der Waals surface area contributed by atoms with Crippen molar-refractivity contribution in [2.24, 2.45) is 0 Å². The average Bonchev–Trinajstić information content (AvgIpc) is 3.21. The van der Waals surface area contributed by atoms with Gasteiger partial charge >= 0.3 is 12.6 Å². The van der Waals surface area contributed by atoms with Crippen molar-refractivity contribution < 1.29 is 32.6 Å². The van der Waals surface area contributed by atoms with E-state index < -0.39 is 24.1 Å². The Labute approximate surface area is 181 Å². The van der Waals surface area contributed by atoms with E-state index in [1.54, 1.807) is 18.2 Å². The summed E-state index contributed by atoms with van der Waals surface area (Å²) in [6.45, 7) is -2.98. The number of halogens is 2. The van der Waals surface area contributed by atoms with Crippen LogP contribution in [-0.4, -0.2) is 48.6 Å². The third-order valence-corrected chi connectivity index (χ3v) is 5.04. The van der Waals surface area contributed by atoms with Crippen LogP contribution >= 0.6 is 0 Å². The number of nitrogens with one attached hydrogen (secondary N) is 2. The zero-order valence-corrected chi connectivity index (χ0v) is 16.8. The highest BCUT2D eigenvalue weighted by Gasteiger charge is 2.48. The first-order valence-corrected chi connectivity index (χ1v) is 9.47. The molecule has 2 aliphatic heterocycles. The minimum absolute atomic E-state index is 0.0973. The Morgan fingerprint density at radius 1 is 1.16 bits per heavy atom. The van der Waals surface area contributed by atoms with Gasteiger partial charge < -0.3 is 19.7 Å². The van der Waals surface area contributed by atoms with Crippen LogP contribution in [0.5, 0.6) is 11.5 Å². The molecular formula is C22H17F2N3O5. The molecule has 0 aromatic heterocycles. The van der Waals surface area contributed by atoms with Crippen molar-refractivity contribution in [3.63, 3.8) is 0 Å². The molecule has 1 saturated heterocycles. The molecule has 32 heavy (non-hydrogen) atoms. The molecule has 4 amide bonds. The van der Waals surface area contributed by atoms with Gasteiger partial charge in [0.1, 0.15) is 11.5 Å². The fraction of sp³-hybridized carbons (Fsp3) is 0.227. The van der Waals surface area contributed by atoms with E-state index in [0.29, 0.717) is 11.3 Å². The van der Waals surface area contributed by atoms with Crippen LogP contribution in [0.2, 0.25) is 0 Å². The van der Waals surface area contributed by atoms with Gasteiger partial charge in [0.25, 0.3) is 11.8 Å². The van der Waals surface area contributed by atoms with Crippen LogP contribution in [0.4, 0.5) is 13.6 Å². The van der Waals surface area contributed by atoms with Crippen molar-refractivity contribution in [2.45, 2.75) is 18.7 Å². The number of rotatable bonds is 5. The zero-order valence-electron chi connectivity index (χ0n) is 16.8. The molecule has 1 unspecified atom stereocenters. The van der Waals surface area contributed by atoms with Crippen molar-refractivity contribution >= 4 is 17.8 Å². The predicted octanol–water partition coefficient (Wildman–Crippen LogP) is 1.88. The van der Waals surface area contributed by atoms with Crippen LogP contribution in [0.1, 0.15) is 21.5 Å². The SMILES string of the molecule is COc1ccc2c(c1)C(=O)N(CC1(C#Cc3cccc(OC(F)F)c3)NC(=O)NC1=O)C2. The monoisotopic (exact) mass is 441 g/mol. The quantitative estimate of drug-likeness (QED) is 0.546. The highest BCUT2D eigenvalue weighted by Crippen LogP contribution is 2.28. The summed E-state index contributed by atoms with van der Waals surface area (Å²) in [6, 6.07) is 9.97. The normalized spacial score (nSPS) is 19.2. The molecular weight excluding hydrogens is 424 g/mol. The average molecular weight is 441 g/mol. The molecule has 2 aliphatic rings. The minimum Gasteiger partial charge on any atom is -0.497 e. The Kier molecular flexibility index (Phi) is 5.40. The van der Waals surface area contributed by atoms with E-state index in [-0.39, 0.29) is 30.3 Å². The second-order valence-corrected chi connectivity index (χ2v) is 7.15. The standard InChI is InChI=1S/C22H17F2N3O5/c1-31-15-6-5-14-11-27(18(28)17(14)10-15)12-22(19(29)25-21(30)26-22)8-7-13-3-2-4-16(9-13)32-20(23)24/h2-6,9-10,20H,11-12H2,1H3,(H2,25,26,29,30). The Bertz CT molecular complexity index is 1170. The van der Waals surface area contributed by atoms with Gasteiger partial charge in [0, 0.05) is 17.7 Å². The van der Waals surface area contributed by atoms with Gasteiger partial charge in [-0.05, 0) is 35.9 Å². The van der Waals surface area contributed by atoms with Gasteiger partial charge in [0.2, 0.25) is 5.54 Å². The van der Waals surface area contributed by atoms with Crippen LogP contribution in [0.15, 0.2) is 42.5 Å². The van der Waals surface area contributed by atoms with E-state index in [1.165, 1.54) is 36.3 Å². The second-order valence-electron chi connectivity index (χ2n) is 7.15. The first-order valence-electron chi connectivity index (χ1n) is 9.47. The number of ether oxygens (including phenoxy) is 2. The van der Waals surface area contributed by atoms with E-state index in [9.17, 15) is 23.2 Å². The number of hydrogen-bond donors (Lipinski definition) is 2. The molecule has 0 radical (unpaired) electrons. The Morgan fingerprint density at radius 2 is 1.97 bits per heavy atom. The summed E-state index contributed by atoms with van der Waals surface area (Å²) >= 11 is 0. The van der Waals surface area contributed by atoms with E-state index >= 15 is 0 Å². The van der Waals surface area contributed by atoms with E-state index in [4.69, 9.17) is 4.74 Å². The number of urea groups is 1. The van der Waals surface area contributed by atoms with Crippen LogP contribution in [0, 0.1) is 11.8 Å². The number of carbonyl (C=O) groups is 3. The highest BCUT2D eigenvalue weighted by atomic mass is 19.3. The summed E-state index contributed by atoms with van der Waals surface area (Å²) in [5, 5.41) is 4.62. The molecule has 0 spiro atoms. The molecule has 1 atom stereocenters. The largest absolute Gasteiger partial charge is 0.497 e. The number of benzene rings is 2. The lowest BCUT2D eigenvalue weighted by Gasteiger charge is -2.26. The van der Waals surface area contributed by atoms with Gasteiger partial charge in [-0.25, -0.2) is 4.79 Å². The number of alkyl halides is 2. The third kappa shape index (κ3) is 4.05. The number of methoxy groups -OCH3 is 1. The van der Waals surface area contributed by atoms with E-state index in [0.717, 1.165) is 5.56 Å². The summed E-state index contributed by atoms with van der Waals surface area (Å²) in [5.41, 5.74) is -0.231. The smallest absolute Gasteiger partial charge is 0.387 e. The molecule has 164 valence electrons. The van der Waals surface area contributed by atoms with Gasteiger partial charge in [-0.2, -0.15) is 8.78 Å². The van der Waals surface area contributed by atoms with Crippen LogP contribution in [0.25, 0.3) is 0 Å². The van der Waals surface area contributed by atoms with Gasteiger partial charge in [-0.3, -0.25) is 14.9 Å². The third-order valence-electron chi connectivity index (χ3n) is 5.04. The fourth-order valence-corrected chi connectivity index (χ4v) is 3.54. The number of amides is 4. The maximum atomic E-state index is 12.9. The summed E-state index contributed by atoms with van der Waals surface area (Å²) in [6.07, 6.45) is 0. The number of nitrogens with zero attached hydrogens (tertiary/aromatic N) is 1. The van der Waals surface area contributed by atoms with Gasteiger partial charge in [0.05, 0.1) is 13.7 Å². The van der Waals surface area contributed by atoms with Gasteiger partial charge in [-0.15, -0.1) is 0 Å². The number of carbonyl (C=O) groups excluding carboxylic acids is 3. The predicted molar refractivity (Wildman–Crippen MR) is 107 cm³/mol. The van der Waals surface area contributed by atoms with Crippen LogP contribution in [-0.2, 0) is 11.3 Å². The summed E-state index contributed by atoms with van der Waals surface area (Å²) in [4.78, 5) is 38.8. The first kappa shape index (κ1) is 21.1. The molecule has 0 saturated carbocycles. The van der Waals surface area contributed by atoms with E-state index in [1.807, 2.05) is 0 Å².